The van der Waals surface area contributed by atoms with Crippen molar-refractivity contribution in [2.24, 2.45) is 0 Å². The fourth-order valence-corrected chi connectivity index (χ4v) is 10.6. The van der Waals surface area contributed by atoms with Crippen LogP contribution in [0, 0.1) is 0 Å². The molecule has 0 rings (SSSR count). The summed E-state index contributed by atoms with van der Waals surface area (Å²) in [5, 5.41) is 33.7. The Balaban J connectivity index is 3.42. The van der Waals surface area contributed by atoms with E-state index in [9.17, 15) is 24.9 Å². The van der Waals surface area contributed by atoms with Crippen molar-refractivity contribution in [2.45, 2.75) is 379 Å². The highest BCUT2D eigenvalue weighted by atomic mass is 16.5. The molecule has 0 heterocycles. The van der Waals surface area contributed by atoms with Crippen LogP contribution in [-0.4, -0.2) is 58.7 Å². The summed E-state index contributed by atoms with van der Waals surface area (Å²) in [6.45, 7) is 4.72. The molecule has 0 saturated heterocycles. The Hall–Kier alpha value is -1.70. The predicted molar refractivity (Wildman–Crippen MR) is 321 cm³/mol. The van der Waals surface area contributed by atoms with E-state index in [1.165, 1.54) is 276 Å². The number of rotatable bonds is 62. The quantitative estimate of drug-likeness (QED) is 0.0209. The number of carbonyl (C=O) groups is 2. The van der Waals surface area contributed by atoms with E-state index in [1.807, 2.05) is 12.2 Å². The molecule has 438 valence electrons. The van der Waals surface area contributed by atoms with Gasteiger partial charge in [0.15, 0.2) is 0 Å². The zero-order valence-corrected chi connectivity index (χ0v) is 49.7. The summed E-state index contributed by atoms with van der Waals surface area (Å²) in [6.07, 6.45) is 74.2. The van der Waals surface area contributed by atoms with Gasteiger partial charge in [0.05, 0.1) is 25.4 Å². The Labute approximate surface area is 461 Å². The van der Waals surface area contributed by atoms with E-state index in [1.54, 1.807) is 6.08 Å². The topological polar surface area (TPSA) is 116 Å². The number of esters is 1. The number of hydrogen-bond donors (Lipinski definition) is 4. The molecule has 3 atom stereocenters. The molecule has 0 aliphatic carbocycles. The minimum Gasteiger partial charge on any atom is -0.463 e. The fraction of sp³-hybridized carbons (Fsp3) is 0.910. The van der Waals surface area contributed by atoms with Crippen molar-refractivity contribution >= 4 is 11.9 Å². The Kier molecular flexibility index (Phi) is 60.7. The van der Waals surface area contributed by atoms with Gasteiger partial charge in [-0.2, -0.15) is 0 Å². The van der Waals surface area contributed by atoms with E-state index in [2.05, 4.69) is 25.2 Å². The lowest BCUT2D eigenvalue weighted by Crippen LogP contribution is -2.50. The van der Waals surface area contributed by atoms with Crippen LogP contribution >= 0.6 is 0 Å². The van der Waals surface area contributed by atoms with E-state index in [4.69, 9.17) is 4.74 Å². The second kappa shape index (κ2) is 62.1. The maximum atomic E-state index is 12.5. The number of ether oxygens (including phenoxy) is 1. The van der Waals surface area contributed by atoms with Gasteiger partial charge in [0.1, 0.15) is 6.10 Å². The molecule has 7 nitrogen and oxygen atoms in total. The van der Waals surface area contributed by atoms with Crippen LogP contribution in [0.1, 0.15) is 361 Å². The number of nitrogens with one attached hydrogen (secondary N) is 1. The van der Waals surface area contributed by atoms with Crippen molar-refractivity contribution in [2.75, 3.05) is 13.2 Å². The smallest absolute Gasteiger partial charge is 0.330 e. The maximum Gasteiger partial charge on any atom is 0.330 e. The Morgan fingerprint density at radius 3 is 1.07 bits per heavy atom. The molecule has 74 heavy (non-hydrogen) atoms. The molecule has 0 aromatic rings. The number of carbonyl (C=O) groups excluding carboxylic acids is 2. The van der Waals surface area contributed by atoms with E-state index >= 15 is 0 Å². The van der Waals surface area contributed by atoms with Crippen LogP contribution in [0.25, 0.3) is 0 Å². The molecule has 7 heteroatoms. The molecular weight excluding hydrogens is 915 g/mol. The first kappa shape index (κ1) is 72.3. The standard InChI is InChI=1S/C67H129NO6/c1-3-5-7-9-11-13-15-17-31-36-40-44-48-52-56-60-66(72)74-61-57-53-49-45-41-37-33-30-28-26-24-22-20-19-21-23-25-27-29-32-35-39-43-47-51-55-59-65(71)68-63(62-69)67(73)64(70)58-54-50-46-42-38-34-18-16-14-12-10-8-6-4-2/h48,52,56,60,63-64,67,69-70,73H,3-47,49-51,53-55,57-59,61-62H2,1-2H3,(H,68,71)/t63-,64?,67+/m1/s1. The second-order valence-electron chi connectivity index (χ2n) is 23.0. The highest BCUT2D eigenvalue weighted by Gasteiger charge is 2.26. The van der Waals surface area contributed by atoms with Crippen LogP contribution in [0.2, 0.25) is 0 Å². The average molecular weight is 1040 g/mol. The third kappa shape index (κ3) is 56.5. The Bertz CT molecular complexity index is 1170. The molecule has 0 aliphatic rings. The zero-order valence-electron chi connectivity index (χ0n) is 49.7. The minimum absolute atomic E-state index is 0.145. The van der Waals surface area contributed by atoms with Gasteiger partial charge in [-0.1, -0.05) is 340 Å². The van der Waals surface area contributed by atoms with Crippen LogP contribution in [0.15, 0.2) is 24.3 Å². The summed E-state index contributed by atoms with van der Waals surface area (Å²) in [7, 11) is 0. The van der Waals surface area contributed by atoms with Gasteiger partial charge in [0.2, 0.25) is 5.91 Å². The van der Waals surface area contributed by atoms with E-state index in [-0.39, 0.29) is 18.5 Å². The van der Waals surface area contributed by atoms with Gasteiger partial charge in [-0.3, -0.25) is 4.79 Å². The molecule has 0 saturated carbocycles. The third-order valence-corrected chi connectivity index (χ3v) is 15.7. The molecule has 0 fully saturated rings. The Morgan fingerprint density at radius 2 is 0.716 bits per heavy atom. The van der Waals surface area contributed by atoms with Crippen molar-refractivity contribution in [3.63, 3.8) is 0 Å². The maximum absolute atomic E-state index is 12.5. The predicted octanol–water partition coefficient (Wildman–Crippen LogP) is 19.9. The lowest BCUT2D eigenvalue weighted by Gasteiger charge is -2.26. The molecule has 1 unspecified atom stereocenters. The van der Waals surface area contributed by atoms with Crippen molar-refractivity contribution in [1.82, 2.24) is 5.32 Å². The third-order valence-electron chi connectivity index (χ3n) is 15.7. The van der Waals surface area contributed by atoms with Gasteiger partial charge >= 0.3 is 5.97 Å². The van der Waals surface area contributed by atoms with Crippen LogP contribution in [0.4, 0.5) is 0 Å². The van der Waals surface area contributed by atoms with E-state index < -0.39 is 18.2 Å². The van der Waals surface area contributed by atoms with Gasteiger partial charge in [-0.05, 0) is 32.1 Å². The first-order valence-electron chi connectivity index (χ1n) is 33.2. The average Bonchev–Trinajstić information content (AvgIpc) is 3.40. The lowest BCUT2D eigenvalue weighted by atomic mass is 9.99. The lowest BCUT2D eigenvalue weighted by molar-refractivity contribution is -0.137. The minimum atomic E-state index is -1.14. The van der Waals surface area contributed by atoms with E-state index in [0.717, 1.165) is 57.8 Å². The van der Waals surface area contributed by atoms with Gasteiger partial charge < -0.3 is 25.4 Å². The number of amides is 1. The largest absolute Gasteiger partial charge is 0.463 e. The van der Waals surface area contributed by atoms with Crippen molar-refractivity contribution in [3.8, 4) is 0 Å². The molecule has 0 spiro atoms. The number of unbranched alkanes of at least 4 members (excludes halogenated alkanes) is 49. The van der Waals surface area contributed by atoms with E-state index in [0.29, 0.717) is 19.4 Å². The molecule has 0 radical (unpaired) electrons. The number of aliphatic hydroxyl groups is 3. The Morgan fingerprint density at radius 1 is 0.405 bits per heavy atom. The molecule has 0 bridgehead atoms. The molecular formula is C67H129NO6. The molecule has 0 aromatic heterocycles. The highest BCUT2D eigenvalue weighted by Crippen LogP contribution is 2.19. The normalized spacial score (nSPS) is 13.1. The second-order valence-corrected chi connectivity index (χ2v) is 23.0. The first-order valence-corrected chi connectivity index (χ1v) is 33.2. The van der Waals surface area contributed by atoms with Crippen LogP contribution in [-0.2, 0) is 14.3 Å². The molecule has 0 aliphatic heterocycles. The summed E-state index contributed by atoms with van der Waals surface area (Å²) in [5.41, 5.74) is 0. The van der Waals surface area contributed by atoms with Gasteiger partial charge in [0.25, 0.3) is 0 Å². The van der Waals surface area contributed by atoms with Crippen LogP contribution < -0.4 is 5.32 Å². The van der Waals surface area contributed by atoms with Crippen molar-refractivity contribution in [3.05, 3.63) is 24.3 Å². The monoisotopic (exact) mass is 1040 g/mol. The first-order chi connectivity index (χ1) is 36.5. The summed E-state index contributed by atoms with van der Waals surface area (Å²) in [5.74, 6) is -0.358. The number of hydrogen-bond acceptors (Lipinski definition) is 6. The number of allylic oxidation sites excluding steroid dienone is 3. The van der Waals surface area contributed by atoms with Crippen molar-refractivity contribution < 1.29 is 29.6 Å². The zero-order chi connectivity index (χ0) is 53.7. The summed E-state index contributed by atoms with van der Waals surface area (Å²) < 4.78 is 5.38. The van der Waals surface area contributed by atoms with Gasteiger partial charge in [-0.15, -0.1) is 0 Å². The van der Waals surface area contributed by atoms with Gasteiger partial charge in [0, 0.05) is 12.5 Å². The fourth-order valence-electron chi connectivity index (χ4n) is 10.6. The SMILES string of the molecule is CCCCCCCCCCCCCC=CC=CC(=O)OCCCCCCCCCCCCCCCCCCCCCCCCCCCCC(=O)N[C@H](CO)[C@H](O)C(O)CCCCCCCCCCCCCCCC. The summed E-state index contributed by atoms with van der Waals surface area (Å²) >= 11 is 0. The molecule has 0 aromatic carbocycles. The van der Waals surface area contributed by atoms with Crippen LogP contribution in [0.3, 0.4) is 0 Å². The molecule has 4 N–H and O–H groups in total. The number of aliphatic hydroxyl groups excluding tert-OH is 3. The van der Waals surface area contributed by atoms with Crippen molar-refractivity contribution in [1.29, 1.82) is 0 Å². The summed E-state index contributed by atoms with van der Waals surface area (Å²) in [4.78, 5) is 24.5. The van der Waals surface area contributed by atoms with Gasteiger partial charge in [-0.25, -0.2) is 4.79 Å². The highest BCUT2D eigenvalue weighted by molar-refractivity contribution is 5.82. The van der Waals surface area contributed by atoms with Crippen LogP contribution in [0.5, 0.6) is 0 Å². The summed E-state index contributed by atoms with van der Waals surface area (Å²) in [6, 6.07) is -0.813. The molecule has 1 amide bonds.